The van der Waals surface area contributed by atoms with Crippen LogP contribution in [0.25, 0.3) is 0 Å². The van der Waals surface area contributed by atoms with Crippen LogP contribution in [0.5, 0.6) is 5.75 Å². The summed E-state index contributed by atoms with van der Waals surface area (Å²) in [5, 5.41) is 4.89. The fourth-order valence-electron chi connectivity index (χ4n) is 1.73. The molecule has 0 saturated heterocycles. The smallest absolute Gasteiger partial charge is 0.138 e. The molecule has 2 aromatic carbocycles. The van der Waals surface area contributed by atoms with Gasteiger partial charge in [0.2, 0.25) is 0 Å². The lowest BCUT2D eigenvalue weighted by Gasteiger charge is -2.10. The van der Waals surface area contributed by atoms with Crippen molar-refractivity contribution in [2.24, 2.45) is 0 Å². The van der Waals surface area contributed by atoms with Crippen molar-refractivity contribution in [3.05, 3.63) is 69.7 Å². The Morgan fingerprint density at radius 2 is 1.81 bits per heavy atom. The van der Waals surface area contributed by atoms with Crippen molar-refractivity contribution >= 4 is 40.5 Å². The highest BCUT2D eigenvalue weighted by molar-refractivity contribution is 6.42. The first-order chi connectivity index (χ1) is 10.1. The van der Waals surface area contributed by atoms with E-state index in [9.17, 15) is 0 Å². The van der Waals surface area contributed by atoms with Crippen LogP contribution in [0.15, 0.2) is 49.1 Å². The first-order valence-electron chi connectivity index (χ1n) is 6.31. The van der Waals surface area contributed by atoms with Crippen molar-refractivity contribution in [2.75, 3.05) is 11.9 Å². The Morgan fingerprint density at radius 3 is 2.48 bits per heavy atom. The van der Waals surface area contributed by atoms with Crippen molar-refractivity contribution < 1.29 is 4.74 Å². The van der Waals surface area contributed by atoms with Gasteiger partial charge >= 0.3 is 0 Å². The zero-order valence-electron chi connectivity index (χ0n) is 11.2. The molecule has 0 heterocycles. The lowest BCUT2D eigenvalue weighted by atomic mass is 10.2. The van der Waals surface area contributed by atoms with Crippen LogP contribution >= 0.6 is 34.8 Å². The third-order valence-corrected chi connectivity index (χ3v) is 3.80. The van der Waals surface area contributed by atoms with Crippen LogP contribution in [0, 0.1) is 0 Å². The fourth-order valence-corrected chi connectivity index (χ4v) is 2.29. The largest absolute Gasteiger partial charge is 0.488 e. The van der Waals surface area contributed by atoms with E-state index in [2.05, 4.69) is 11.9 Å². The molecule has 0 unspecified atom stereocenters. The number of halogens is 3. The third kappa shape index (κ3) is 4.57. The number of nitrogens with one attached hydrogen (secondary N) is 1. The van der Waals surface area contributed by atoms with Crippen LogP contribution < -0.4 is 10.1 Å². The quantitative estimate of drug-likeness (QED) is 0.667. The van der Waals surface area contributed by atoms with Crippen LogP contribution in [0.3, 0.4) is 0 Å². The summed E-state index contributed by atoms with van der Waals surface area (Å²) in [5.41, 5.74) is 1.93. The van der Waals surface area contributed by atoms with Gasteiger partial charge in [0.15, 0.2) is 0 Å². The van der Waals surface area contributed by atoms with Gasteiger partial charge in [0, 0.05) is 12.2 Å². The topological polar surface area (TPSA) is 21.3 Å². The Hall–Kier alpha value is -1.35. The van der Waals surface area contributed by atoms with Crippen molar-refractivity contribution in [2.45, 2.75) is 6.54 Å². The molecule has 0 saturated carbocycles. The van der Waals surface area contributed by atoms with E-state index in [1.807, 2.05) is 24.3 Å². The molecule has 0 radical (unpaired) electrons. The number of ether oxygens (including phenoxy) is 1. The van der Waals surface area contributed by atoms with Crippen LogP contribution in [-0.4, -0.2) is 6.61 Å². The molecule has 0 aliphatic heterocycles. The highest BCUT2D eigenvalue weighted by Crippen LogP contribution is 2.27. The first-order valence-corrected chi connectivity index (χ1v) is 7.44. The van der Waals surface area contributed by atoms with Crippen LogP contribution in [0.1, 0.15) is 5.56 Å². The van der Waals surface area contributed by atoms with E-state index >= 15 is 0 Å². The summed E-state index contributed by atoms with van der Waals surface area (Å²) >= 11 is 18.0. The predicted octanol–water partition coefficient (Wildman–Crippen LogP) is 5.82. The van der Waals surface area contributed by atoms with E-state index in [4.69, 9.17) is 39.5 Å². The van der Waals surface area contributed by atoms with Gasteiger partial charge in [-0.3, -0.25) is 0 Å². The second kappa shape index (κ2) is 7.60. The van der Waals surface area contributed by atoms with Crippen LogP contribution in [0.2, 0.25) is 15.1 Å². The Balaban J connectivity index is 2.01. The lowest BCUT2D eigenvalue weighted by Crippen LogP contribution is -2.00. The molecule has 1 N–H and O–H groups in total. The standard InChI is InChI=1S/C16H14Cl3NO/c1-2-7-21-16-6-3-11(8-15(16)19)10-20-12-4-5-13(17)14(18)9-12/h2-6,8-9,20H,1,7,10H2. The van der Waals surface area contributed by atoms with E-state index in [0.29, 0.717) is 34.0 Å². The Bertz CT molecular complexity index is 643. The maximum atomic E-state index is 6.17. The maximum absolute atomic E-state index is 6.17. The number of rotatable bonds is 6. The molecule has 5 heteroatoms. The summed E-state index contributed by atoms with van der Waals surface area (Å²) in [5.74, 6) is 0.648. The second-order valence-electron chi connectivity index (χ2n) is 4.35. The second-order valence-corrected chi connectivity index (χ2v) is 5.57. The molecule has 0 bridgehead atoms. The minimum atomic E-state index is 0.431. The summed E-state index contributed by atoms with van der Waals surface area (Å²) < 4.78 is 5.43. The predicted molar refractivity (Wildman–Crippen MR) is 90.9 cm³/mol. The van der Waals surface area contributed by atoms with Crippen LogP contribution in [0.4, 0.5) is 5.69 Å². The molecule has 2 rings (SSSR count). The average Bonchev–Trinajstić information content (AvgIpc) is 2.47. The summed E-state index contributed by atoms with van der Waals surface area (Å²) in [4.78, 5) is 0. The van der Waals surface area contributed by atoms with Gasteiger partial charge in [-0.25, -0.2) is 0 Å². The van der Waals surface area contributed by atoms with Gasteiger partial charge in [0.25, 0.3) is 0 Å². The highest BCUT2D eigenvalue weighted by Gasteiger charge is 2.04. The highest BCUT2D eigenvalue weighted by atomic mass is 35.5. The van der Waals surface area contributed by atoms with Crippen molar-refractivity contribution in [3.63, 3.8) is 0 Å². The molecule has 0 amide bonds. The molecular weight excluding hydrogens is 329 g/mol. The number of anilines is 1. The Morgan fingerprint density at radius 1 is 1.00 bits per heavy atom. The van der Waals surface area contributed by atoms with Crippen molar-refractivity contribution in [3.8, 4) is 5.75 Å². The van der Waals surface area contributed by atoms with Crippen LogP contribution in [-0.2, 0) is 6.54 Å². The summed E-state index contributed by atoms with van der Waals surface area (Å²) in [7, 11) is 0. The van der Waals surface area contributed by atoms with E-state index in [-0.39, 0.29) is 0 Å². The van der Waals surface area contributed by atoms with E-state index < -0.39 is 0 Å². The van der Waals surface area contributed by atoms with Gasteiger partial charge in [0.05, 0.1) is 15.1 Å². The minimum absolute atomic E-state index is 0.431. The first kappa shape index (κ1) is 16.0. The summed E-state index contributed by atoms with van der Waals surface area (Å²) in [6.07, 6.45) is 1.68. The molecule has 0 fully saturated rings. The minimum Gasteiger partial charge on any atom is -0.488 e. The molecule has 2 aromatic rings. The zero-order valence-corrected chi connectivity index (χ0v) is 13.5. The Labute approximate surface area is 139 Å². The molecular formula is C16H14Cl3NO. The van der Waals surface area contributed by atoms with E-state index in [1.54, 1.807) is 18.2 Å². The normalized spacial score (nSPS) is 10.2. The molecule has 110 valence electrons. The SMILES string of the molecule is C=CCOc1ccc(CNc2ccc(Cl)c(Cl)c2)cc1Cl. The maximum Gasteiger partial charge on any atom is 0.138 e. The van der Waals surface area contributed by atoms with Gasteiger partial charge in [-0.05, 0) is 35.9 Å². The molecule has 2 nitrogen and oxygen atoms in total. The number of benzene rings is 2. The Kier molecular flexibility index (Phi) is 5.80. The third-order valence-electron chi connectivity index (χ3n) is 2.77. The molecule has 0 aliphatic carbocycles. The summed E-state index contributed by atoms with van der Waals surface area (Å²) in [6.45, 7) is 4.66. The number of hydrogen-bond donors (Lipinski definition) is 1. The molecule has 0 aromatic heterocycles. The van der Waals surface area contributed by atoms with E-state index in [0.717, 1.165) is 11.3 Å². The lowest BCUT2D eigenvalue weighted by molar-refractivity contribution is 0.363. The average molecular weight is 343 g/mol. The molecule has 0 spiro atoms. The molecule has 0 atom stereocenters. The van der Waals surface area contributed by atoms with Crippen molar-refractivity contribution in [1.82, 2.24) is 0 Å². The molecule has 0 aliphatic rings. The zero-order chi connectivity index (χ0) is 15.2. The van der Waals surface area contributed by atoms with Gasteiger partial charge in [-0.15, -0.1) is 0 Å². The fraction of sp³-hybridized carbons (Fsp3) is 0.125. The monoisotopic (exact) mass is 341 g/mol. The number of hydrogen-bond acceptors (Lipinski definition) is 2. The van der Waals surface area contributed by atoms with Gasteiger partial charge in [-0.2, -0.15) is 0 Å². The van der Waals surface area contributed by atoms with Crippen molar-refractivity contribution in [1.29, 1.82) is 0 Å². The summed E-state index contributed by atoms with van der Waals surface area (Å²) in [6, 6.07) is 11.1. The van der Waals surface area contributed by atoms with Gasteiger partial charge < -0.3 is 10.1 Å². The van der Waals surface area contributed by atoms with E-state index in [1.165, 1.54) is 0 Å². The van der Waals surface area contributed by atoms with Gasteiger partial charge in [-0.1, -0.05) is 53.5 Å². The van der Waals surface area contributed by atoms with Gasteiger partial charge in [0.1, 0.15) is 12.4 Å². The molecule has 21 heavy (non-hydrogen) atoms.